The number of nitrogens with two attached hydrogens (primary N) is 1. The average Bonchev–Trinajstić information content (AvgIpc) is 2.55. The first-order valence-electron chi connectivity index (χ1n) is 7.97. The van der Waals surface area contributed by atoms with Crippen LogP contribution in [0.5, 0.6) is 0 Å². The third-order valence-corrected chi connectivity index (χ3v) is 3.37. The van der Waals surface area contributed by atoms with Crippen LogP contribution in [0, 0.1) is 0 Å². The molecule has 2 rings (SSSR count). The fraction of sp³-hybridized carbons (Fsp3) is 0.412. The van der Waals surface area contributed by atoms with Gasteiger partial charge >= 0.3 is 0 Å². The van der Waals surface area contributed by atoms with E-state index in [4.69, 9.17) is 5.73 Å². The lowest BCUT2D eigenvalue weighted by Gasteiger charge is -2.21. The number of ketones is 1. The predicted octanol–water partition coefficient (Wildman–Crippen LogP) is 2.51. The number of benzene rings is 1. The van der Waals surface area contributed by atoms with Crippen LogP contribution in [-0.4, -0.2) is 33.8 Å². The Hall–Kier alpha value is -2.50. The Morgan fingerprint density at radius 2 is 1.70 bits per heavy atom. The second kappa shape index (κ2) is 8.22. The van der Waals surface area contributed by atoms with Gasteiger partial charge in [-0.15, -0.1) is 0 Å². The van der Waals surface area contributed by atoms with Crippen LogP contribution in [0.15, 0.2) is 30.3 Å². The molecule has 122 valence electrons. The van der Waals surface area contributed by atoms with Crippen LogP contribution < -0.4 is 10.6 Å². The van der Waals surface area contributed by atoms with Gasteiger partial charge in [-0.3, -0.25) is 4.79 Å². The molecular weight excluding hydrogens is 290 g/mol. The SMILES string of the molecule is CCCN(CCC)c1nc(N)nc(CC(=O)c2ccccc2)n1. The van der Waals surface area contributed by atoms with Crippen LogP contribution >= 0.6 is 0 Å². The van der Waals surface area contributed by atoms with E-state index >= 15 is 0 Å². The largest absolute Gasteiger partial charge is 0.368 e. The van der Waals surface area contributed by atoms with Gasteiger partial charge in [-0.05, 0) is 12.8 Å². The molecule has 2 N–H and O–H groups in total. The Kier molecular flexibility index (Phi) is 6.02. The minimum atomic E-state index is -0.0281. The molecular formula is C17H23N5O. The van der Waals surface area contributed by atoms with Gasteiger partial charge in [0.1, 0.15) is 5.82 Å². The summed E-state index contributed by atoms with van der Waals surface area (Å²) in [5.74, 6) is 1.10. The highest BCUT2D eigenvalue weighted by atomic mass is 16.1. The van der Waals surface area contributed by atoms with E-state index in [0.29, 0.717) is 17.3 Å². The monoisotopic (exact) mass is 313 g/mol. The lowest BCUT2D eigenvalue weighted by molar-refractivity contribution is 0.0991. The Labute approximate surface area is 136 Å². The third-order valence-electron chi connectivity index (χ3n) is 3.37. The van der Waals surface area contributed by atoms with Crippen LogP contribution in [0.4, 0.5) is 11.9 Å². The van der Waals surface area contributed by atoms with Crippen molar-refractivity contribution in [3.05, 3.63) is 41.7 Å². The highest BCUT2D eigenvalue weighted by Gasteiger charge is 2.14. The minimum absolute atomic E-state index is 0.0281. The molecule has 6 nitrogen and oxygen atoms in total. The molecule has 0 saturated carbocycles. The first-order chi connectivity index (χ1) is 11.1. The minimum Gasteiger partial charge on any atom is -0.368 e. The zero-order valence-electron chi connectivity index (χ0n) is 13.7. The number of nitrogens with zero attached hydrogens (tertiary/aromatic N) is 4. The van der Waals surface area contributed by atoms with E-state index in [2.05, 4.69) is 33.7 Å². The molecule has 0 unspecified atom stereocenters. The van der Waals surface area contributed by atoms with E-state index < -0.39 is 0 Å². The Bertz CT molecular complexity index is 639. The van der Waals surface area contributed by atoms with E-state index in [1.54, 1.807) is 12.1 Å². The second-order valence-corrected chi connectivity index (χ2v) is 5.36. The van der Waals surface area contributed by atoms with Gasteiger partial charge in [0.2, 0.25) is 11.9 Å². The average molecular weight is 313 g/mol. The number of Topliss-reactive ketones (excluding diaryl/α,β-unsaturated/α-hetero) is 1. The summed E-state index contributed by atoms with van der Waals surface area (Å²) in [5.41, 5.74) is 6.45. The first kappa shape index (κ1) is 16.9. The van der Waals surface area contributed by atoms with Crippen LogP contribution in [-0.2, 0) is 6.42 Å². The van der Waals surface area contributed by atoms with E-state index in [-0.39, 0.29) is 18.2 Å². The van der Waals surface area contributed by atoms with E-state index in [1.807, 2.05) is 18.2 Å². The second-order valence-electron chi connectivity index (χ2n) is 5.36. The zero-order chi connectivity index (χ0) is 16.7. The summed E-state index contributed by atoms with van der Waals surface area (Å²) in [6, 6.07) is 9.13. The summed E-state index contributed by atoms with van der Waals surface area (Å²) < 4.78 is 0. The van der Waals surface area contributed by atoms with Crippen molar-refractivity contribution in [3.8, 4) is 0 Å². The fourth-order valence-corrected chi connectivity index (χ4v) is 2.37. The fourth-order valence-electron chi connectivity index (χ4n) is 2.37. The molecule has 0 aliphatic carbocycles. The molecule has 1 aromatic heterocycles. The van der Waals surface area contributed by atoms with Crippen molar-refractivity contribution in [1.29, 1.82) is 0 Å². The van der Waals surface area contributed by atoms with Crippen molar-refractivity contribution in [2.75, 3.05) is 23.7 Å². The van der Waals surface area contributed by atoms with Gasteiger partial charge in [0.15, 0.2) is 5.78 Å². The van der Waals surface area contributed by atoms with E-state index in [0.717, 1.165) is 25.9 Å². The van der Waals surface area contributed by atoms with Crippen molar-refractivity contribution in [2.45, 2.75) is 33.1 Å². The summed E-state index contributed by atoms with van der Waals surface area (Å²) in [6.07, 6.45) is 2.10. The maximum atomic E-state index is 12.3. The van der Waals surface area contributed by atoms with E-state index in [9.17, 15) is 4.79 Å². The van der Waals surface area contributed by atoms with Gasteiger partial charge in [0.25, 0.3) is 0 Å². The number of anilines is 2. The molecule has 0 bridgehead atoms. The van der Waals surface area contributed by atoms with Gasteiger partial charge in [-0.2, -0.15) is 15.0 Å². The normalized spacial score (nSPS) is 10.5. The zero-order valence-corrected chi connectivity index (χ0v) is 13.7. The molecule has 0 atom stereocenters. The number of nitrogen functional groups attached to an aromatic ring is 1. The number of aromatic nitrogens is 3. The summed E-state index contributed by atoms with van der Waals surface area (Å²) in [7, 11) is 0. The molecule has 0 saturated heterocycles. The first-order valence-corrected chi connectivity index (χ1v) is 7.97. The smallest absolute Gasteiger partial charge is 0.230 e. The molecule has 0 amide bonds. The molecule has 1 aromatic carbocycles. The molecule has 0 aliphatic rings. The van der Waals surface area contributed by atoms with Gasteiger partial charge in [-0.25, -0.2) is 0 Å². The summed E-state index contributed by atoms with van der Waals surface area (Å²) in [6.45, 7) is 5.91. The van der Waals surface area contributed by atoms with Crippen LogP contribution in [0.2, 0.25) is 0 Å². The quantitative estimate of drug-likeness (QED) is 0.754. The lowest BCUT2D eigenvalue weighted by atomic mass is 10.1. The number of rotatable bonds is 8. The topological polar surface area (TPSA) is 85.0 Å². The standard InChI is InChI=1S/C17H23N5O/c1-3-10-22(11-4-2)17-20-15(19-16(18)21-17)12-14(23)13-8-6-5-7-9-13/h5-9H,3-4,10-12H2,1-2H3,(H2,18,19,20,21). The Morgan fingerprint density at radius 3 is 2.30 bits per heavy atom. The maximum absolute atomic E-state index is 12.3. The van der Waals surface area contributed by atoms with E-state index in [1.165, 1.54) is 0 Å². The highest BCUT2D eigenvalue weighted by molar-refractivity contribution is 5.97. The summed E-state index contributed by atoms with van der Waals surface area (Å²) >= 11 is 0. The van der Waals surface area contributed by atoms with Crippen molar-refractivity contribution < 1.29 is 4.79 Å². The molecule has 23 heavy (non-hydrogen) atoms. The number of hydrogen-bond acceptors (Lipinski definition) is 6. The molecule has 2 aromatic rings. The molecule has 0 spiro atoms. The van der Waals surface area contributed by atoms with Crippen LogP contribution in [0.25, 0.3) is 0 Å². The third kappa shape index (κ3) is 4.74. The number of carbonyl (C=O) groups excluding carboxylic acids is 1. The molecule has 0 fully saturated rings. The summed E-state index contributed by atoms with van der Waals surface area (Å²) in [5, 5.41) is 0. The predicted molar refractivity (Wildman–Crippen MR) is 91.5 cm³/mol. The molecule has 0 aliphatic heterocycles. The van der Waals surface area contributed by atoms with Crippen molar-refractivity contribution >= 4 is 17.7 Å². The van der Waals surface area contributed by atoms with Crippen LogP contribution in [0.1, 0.15) is 42.9 Å². The van der Waals surface area contributed by atoms with Crippen molar-refractivity contribution in [3.63, 3.8) is 0 Å². The number of hydrogen-bond donors (Lipinski definition) is 1. The maximum Gasteiger partial charge on any atom is 0.230 e. The molecule has 0 radical (unpaired) electrons. The van der Waals surface area contributed by atoms with Gasteiger partial charge in [0.05, 0.1) is 6.42 Å². The number of carbonyl (C=O) groups is 1. The molecule has 6 heteroatoms. The van der Waals surface area contributed by atoms with Crippen molar-refractivity contribution in [1.82, 2.24) is 15.0 Å². The summed E-state index contributed by atoms with van der Waals surface area (Å²) in [4.78, 5) is 27.2. The van der Waals surface area contributed by atoms with Gasteiger partial charge in [0, 0.05) is 18.7 Å². The van der Waals surface area contributed by atoms with Crippen LogP contribution in [0.3, 0.4) is 0 Å². The Balaban J connectivity index is 2.21. The molecule has 1 heterocycles. The highest BCUT2D eigenvalue weighted by Crippen LogP contribution is 2.12. The van der Waals surface area contributed by atoms with Gasteiger partial charge in [-0.1, -0.05) is 44.2 Å². The van der Waals surface area contributed by atoms with Gasteiger partial charge < -0.3 is 10.6 Å². The Morgan fingerprint density at radius 1 is 1.04 bits per heavy atom. The van der Waals surface area contributed by atoms with Crippen molar-refractivity contribution in [2.24, 2.45) is 0 Å². The lowest BCUT2D eigenvalue weighted by Crippen LogP contribution is -2.28.